The summed E-state index contributed by atoms with van der Waals surface area (Å²) in [5.41, 5.74) is 3.36. The number of morpholine rings is 1. The van der Waals surface area contributed by atoms with E-state index in [1.165, 1.54) is 0 Å². The Morgan fingerprint density at radius 3 is 2.50 bits per heavy atom. The van der Waals surface area contributed by atoms with E-state index in [0.717, 1.165) is 74.3 Å². The predicted octanol–water partition coefficient (Wildman–Crippen LogP) is 2.90. The molecule has 9 nitrogen and oxygen atoms in total. The van der Waals surface area contributed by atoms with Gasteiger partial charge in [0.25, 0.3) is 0 Å². The Morgan fingerprint density at radius 2 is 1.82 bits per heavy atom. The van der Waals surface area contributed by atoms with Crippen molar-refractivity contribution in [2.24, 2.45) is 0 Å². The van der Waals surface area contributed by atoms with Gasteiger partial charge in [-0.15, -0.1) is 0 Å². The third-order valence-corrected chi connectivity index (χ3v) is 6.48. The molecule has 4 heterocycles. The monoisotopic (exact) mass is 461 g/mol. The van der Waals surface area contributed by atoms with Crippen molar-refractivity contribution in [2.75, 3.05) is 49.6 Å². The zero-order valence-electron chi connectivity index (χ0n) is 19.8. The van der Waals surface area contributed by atoms with Gasteiger partial charge in [0.05, 0.1) is 18.9 Å². The third kappa shape index (κ3) is 4.53. The quantitative estimate of drug-likeness (QED) is 0.579. The van der Waals surface area contributed by atoms with Gasteiger partial charge in [-0.2, -0.15) is 5.10 Å². The van der Waals surface area contributed by atoms with Crippen molar-refractivity contribution in [3.8, 4) is 16.9 Å². The molecule has 1 N–H and O–H groups in total. The van der Waals surface area contributed by atoms with E-state index in [0.29, 0.717) is 18.3 Å². The highest BCUT2D eigenvalue weighted by Gasteiger charge is 2.34. The highest BCUT2D eigenvalue weighted by molar-refractivity contribution is 5.92. The van der Waals surface area contributed by atoms with E-state index in [1.54, 1.807) is 4.68 Å². The highest BCUT2D eigenvalue weighted by Crippen LogP contribution is 2.31. The second-order valence-electron chi connectivity index (χ2n) is 8.85. The summed E-state index contributed by atoms with van der Waals surface area (Å²) >= 11 is 0. The standard InChI is InChI=1S/C25H31N7O2/c1-3-7-22(33)28-24-18(2)23(29-32(24)20-8-5-4-6-9-20)19-14-26-25(27-15-19)31-16-21(17-31)30-10-12-34-13-11-30/h4-6,8-9,14-15,21H,3,7,10-13,16-17H2,1-2H3,(H,28,33). The normalized spacial score (nSPS) is 16.9. The number of carbonyl (C=O) groups is 1. The lowest BCUT2D eigenvalue weighted by Crippen LogP contribution is -2.62. The Hall–Kier alpha value is -3.30. The van der Waals surface area contributed by atoms with Gasteiger partial charge in [0, 0.05) is 62.2 Å². The molecule has 0 bridgehead atoms. The fraction of sp³-hybridized carbons (Fsp3) is 0.440. The number of anilines is 2. The van der Waals surface area contributed by atoms with E-state index in [1.807, 2.05) is 56.6 Å². The molecule has 1 amide bonds. The number of carbonyl (C=O) groups excluding carboxylic acids is 1. The second-order valence-corrected chi connectivity index (χ2v) is 8.85. The smallest absolute Gasteiger partial charge is 0.225 e. The molecule has 2 aromatic heterocycles. The molecule has 0 unspecified atom stereocenters. The topological polar surface area (TPSA) is 88.4 Å². The van der Waals surface area contributed by atoms with Crippen LogP contribution in [0.1, 0.15) is 25.3 Å². The van der Waals surface area contributed by atoms with E-state index < -0.39 is 0 Å². The molecule has 0 radical (unpaired) electrons. The maximum atomic E-state index is 12.4. The zero-order chi connectivity index (χ0) is 23.5. The Balaban J connectivity index is 1.36. The molecular formula is C25H31N7O2. The van der Waals surface area contributed by atoms with Crippen LogP contribution in [0.25, 0.3) is 16.9 Å². The van der Waals surface area contributed by atoms with E-state index in [4.69, 9.17) is 9.84 Å². The van der Waals surface area contributed by atoms with Crippen LogP contribution < -0.4 is 10.2 Å². The summed E-state index contributed by atoms with van der Waals surface area (Å²) in [6, 6.07) is 10.4. The van der Waals surface area contributed by atoms with Gasteiger partial charge in [-0.25, -0.2) is 14.6 Å². The first kappa shape index (κ1) is 22.5. The molecular weight excluding hydrogens is 430 g/mol. The van der Waals surface area contributed by atoms with Gasteiger partial charge in [-0.3, -0.25) is 9.69 Å². The minimum absolute atomic E-state index is 0.0200. The van der Waals surface area contributed by atoms with E-state index >= 15 is 0 Å². The maximum absolute atomic E-state index is 12.4. The number of hydrogen-bond acceptors (Lipinski definition) is 7. The molecule has 1 aromatic carbocycles. The van der Waals surface area contributed by atoms with Crippen LogP contribution in [-0.4, -0.2) is 76.0 Å². The van der Waals surface area contributed by atoms with Crippen LogP contribution in [0.5, 0.6) is 0 Å². The Labute approximate surface area is 199 Å². The summed E-state index contributed by atoms with van der Waals surface area (Å²) in [5.74, 6) is 1.40. The highest BCUT2D eigenvalue weighted by atomic mass is 16.5. The van der Waals surface area contributed by atoms with E-state index in [-0.39, 0.29) is 5.91 Å². The molecule has 2 aliphatic heterocycles. The first-order chi connectivity index (χ1) is 16.6. The first-order valence-corrected chi connectivity index (χ1v) is 12.0. The molecule has 0 spiro atoms. The van der Waals surface area contributed by atoms with Crippen LogP contribution in [0.4, 0.5) is 11.8 Å². The number of ether oxygens (including phenoxy) is 1. The lowest BCUT2D eigenvalue weighted by Gasteiger charge is -2.46. The fourth-order valence-corrected chi connectivity index (χ4v) is 4.49. The maximum Gasteiger partial charge on any atom is 0.225 e. The number of hydrogen-bond donors (Lipinski definition) is 1. The Kier molecular flexibility index (Phi) is 6.55. The number of rotatable bonds is 7. The number of nitrogens with one attached hydrogen (secondary N) is 1. The van der Waals surface area contributed by atoms with Gasteiger partial charge < -0.3 is 15.0 Å². The van der Waals surface area contributed by atoms with Gasteiger partial charge in [0.2, 0.25) is 11.9 Å². The van der Waals surface area contributed by atoms with Crippen molar-refractivity contribution < 1.29 is 9.53 Å². The van der Waals surface area contributed by atoms with Crippen molar-refractivity contribution in [3.05, 3.63) is 48.3 Å². The summed E-state index contributed by atoms with van der Waals surface area (Å²) in [7, 11) is 0. The Morgan fingerprint density at radius 1 is 1.12 bits per heavy atom. The molecule has 5 rings (SSSR count). The van der Waals surface area contributed by atoms with Crippen molar-refractivity contribution in [1.29, 1.82) is 0 Å². The fourth-order valence-electron chi connectivity index (χ4n) is 4.49. The van der Waals surface area contributed by atoms with Crippen LogP contribution in [0.15, 0.2) is 42.7 Å². The molecule has 0 saturated carbocycles. The summed E-state index contributed by atoms with van der Waals surface area (Å²) < 4.78 is 7.24. The largest absolute Gasteiger partial charge is 0.379 e. The summed E-state index contributed by atoms with van der Waals surface area (Å²) in [6.45, 7) is 9.47. The number of aromatic nitrogens is 4. The van der Waals surface area contributed by atoms with Crippen molar-refractivity contribution in [2.45, 2.75) is 32.7 Å². The second kappa shape index (κ2) is 9.90. The van der Waals surface area contributed by atoms with Gasteiger partial charge >= 0.3 is 0 Å². The number of benzene rings is 1. The lowest BCUT2D eigenvalue weighted by molar-refractivity contribution is -0.116. The van der Waals surface area contributed by atoms with Crippen LogP contribution in [-0.2, 0) is 9.53 Å². The minimum Gasteiger partial charge on any atom is -0.379 e. The lowest BCUT2D eigenvalue weighted by atomic mass is 10.1. The summed E-state index contributed by atoms with van der Waals surface area (Å²) in [6.07, 6.45) is 4.91. The van der Waals surface area contributed by atoms with Gasteiger partial charge in [-0.05, 0) is 25.5 Å². The van der Waals surface area contributed by atoms with Crippen LogP contribution >= 0.6 is 0 Å². The molecule has 2 saturated heterocycles. The molecule has 2 fully saturated rings. The van der Waals surface area contributed by atoms with E-state index in [9.17, 15) is 4.79 Å². The van der Waals surface area contributed by atoms with Crippen LogP contribution in [0, 0.1) is 6.92 Å². The summed E-state index contributed by atoms with van der Waals surface area (Å²) in [4.78, 5) is 26.4. The van der Waals surface area contributed by atoms with E-state index in [2.05, 4.69) is 25.1 Å². The molecule has 3 aromatic rings. The third-order valence-electron chi connectivity index (χ3n) is 6.48. The zero-order valence-corrected chi connectivity index (χ0v) is 19.8. The van der Waals surface area contributed by atoms with Crippen molar-refractivity contribution in [1.82, 2.24) is 24.6 Å². The average Bonchev–Trinajstić information content (AvgIpc) is 3.16. The SMILES string of the molecule is CCCC(=O)Nc1c(C)c(-c2cnc(N3CC(N4CCOCC4)C3)nc2)nn1-c1ccccc1. The molecule has 0 atom stereocenters. The average molecular weight is 462 g/mol. The Bertz CT molecular complexity index is 1120. The minimum atomic E-state index is -0.0200. The number of nitrogens with zero attached hydrogens (tertiary/aromatic N) is 6. The molecule has 34 heavy (non-hydrogen) atoms. The first-order valence-electron chi connectivity index (χ1n) is 12.0. The van der Waals surface area contributed by atoms with Gasteiger partial charge in [-0.1, -0.05) is 25.1 Å². The van der Waals surface area contributed by atoms with Crippen LogP contribution in [0.3, 0.4) is 0 Å². The van der Waals surface area contributed by atoms with Crippen molar-refractivity contribution >= 4 is 17.7 Å². The molecule has 0 aliphatic carbocycles. The molecule has 178 valence electrons. The molecule has 2 aliphatic rings. The number of para-hydroxylation sites is 1. The van der Waals surface area contributed by atoms with Crippen LogP contribution in [0.2, 0.25) is 0 Å². The predicted molar refractivity (Wildman–Crippen MR) is 131 cm³/mol. The summed E-state index contributed by atoms with van der Waals surface area (Å²) in [5, 5.41) is 7.89. The number of amides is 1. The molecule has 9 heteroatoms. The van der Waals surface area contributed by atoms with Gasteiger partial charge in [0.15, 0.2) is 0 Å². The van der Waals surface area contributed by atoms with Crippen molar-refractivity contribution in [3.63, 3.8) is 0 Å². The van der Waals surface area contributed by atoms with Gasteiger partial charge in [0.1, 0.15) is 11.5 Å².